The molecule has 1 aliphatic rings. The summed E-state index contributed by atoms with van der Waals surface area (Å²) >= 11 is 1.57. The third kappa shape index (κ3) is 5.14. The van der Waals surface area contributed by atoms with Gasteiger partial charge in [0, 0.05) is 19.7 Å². The van der Waals surface area contributed by atoms with Gasteiger partial charge in [-0.25, -0.2) is 9.59 Å². The molecule has 1 saturated heterocycles. The molecule has 0 aromatic heterocycles. The lowest BCUT2D eigenvalue weighted by Crippen LogP contribution is -2.48. The number of nitrogens with zero attached hydrogens (tertiary/aromatic N) is 1. The Labute approximate surface area is 111 Å². The van der Waals surface area contributed by atoms with Crippen LogP contribution in [0.25, 0.3) is 0 Å². The fraction of sp³-hybridized carbons (Fsp3) is 0.818. The lowest BCUT2D eigenvalue weighted by molar-refractivity contribution is -0.139. The molecule has 2 amide bonds. The normalized spacial score (nSPS) is 17.9. The van der Waals surface area contributed by atoms with Gasteiger partial charge in [-0.2, -0.15) is 11.8 Å². The van der Waals surface area contributed by atoms with E-state index in [9.17, 15) is 9.59 Å². The van der Waals surface area contributed by atoms with Crippen LogP contribution < -0.4 is 5.32 Å². The van der Waals surface area contributed by atoms with Crippen molar-refractivity contribution in [1.82, 2.24) is 10.2 Å². The number of aliphatic carboxylic acids is 1. The summed E-state index contributed by atoms with van der Waals surface area (Å²) in [7, 11) is 0. The maximum atomic E-state index is 11.9. The molecule has 0 saturated carbocycles. The Hall–Kier alpha value is -0.950. The second kappa shape index (κ2) is 8.20. The van der Waals surface area contributed by atoms with Crippen LogP contribution in [0.1, 0.15) is 12.8 Å². The first-order chi connectivity index (χ1) is 8.65. The van der Waals surface area contributed by atoms with Gasteiger partial charge in [0.25, 0.3) is 0 Å². The first-order valence-corrected chi connectivity index (χ1v) is 7.39. The molecule has 0 aliphatic carbocycles. The summed E-state index contributed by atoms with van der Waals surface area (Å²) in [5.74, 6) is -0.274. The van der Waals surface area contributed by atoms with E-state index in [-0.39, 0.29) is 6.03 Å². The molecule has 0 aromatic carbocycles. The molecular weight excluding hydrogens is 256 g/mol. The standard InChI is InChI=1S/C11H20N2O4S/c1-18-8-3-9(10(14)15)12-11(16)13-4-2-6-17-7-5-13/h9H,2-8H2,1H3,(H,12,16)(H,14,15)/t9-/m1/s1. The fourth-order valence-electron chi connectivity index (χ4n) is 1.68. The zero-order chi connectivity index (χ0) is 13.4. The molecule has 0 spiro atoms. The predicted octanol–water partition coefficient (Wildman–Crippen LogP) is 0.625. The van der Waals surface area contributed by atoms with Gasteiger partial charge in [0.15, 0.2) is 0 Å². The molecule has 1 fully saturated rings. The zero-order valence-corrected chi connectivity index (χ0v) is 11.4. The van der Waals surface area contributed by atoms with Gasteiger partial charge in [0.1, 0.15) is 6.04 Å². The van der Waals surface area contributed by atoms with E-state index in [1.165, 1.54) is 0 Å². The summed E-state index contributed by atoms with van der Waals surface area (Å²) < 4.78 is 5.25. The van der Waals surface area contributed by atoms with Crippen LogP contribution in [0.2, 0.25) is 0 Å². The minimum Gasteiger partial charge on any atom is -0.480 e. The minimum atomic E-state index is -0.983. The van der Waals surface area contributed by atoms with Crippen LogP contribution in [0, 0.1) is 0 Å². The Morgan fingerprint density at radius 2 is 2.22 bits per heavy atom. The topological polar surface area (TPSA) is 78.9 Å². The quantitative estimate of drug-likeness (QED) is 0.770. The van der Waals surface area contributed by atoms with E-state index in [1.54, 1.807) is 16.7 Å². The molecule has 0 radical (unpaired) electrons. The largest absolute Gasteiger partial charge is 0.480 e. The van der Waals surface area contributed by atoms with E-state index in [0.717, 1.165) is 6.42 Å². The van der Waals surface area contributed by atoms with Crippen molar-refractivity contribution in [2.24, 2.45) is 0 Å². The molecule has 0 aromatic rings. The minimum absolute atomic E-state index is 0.311. The van der Waals surface area contributed by atoms with E-state index in [4.69, 9.17) is 9.84 Å². The van der Waals surface area contributed by atoms with Crippen molar-refractivity contribution >= 4 is 23.8 Å². The van der Waals surface area contributed by atoms with E-state index in [2.05, 4.69) is 5.32 Å². The van der Waals surface area contributed by atoms with Crippen LogP contribution in [0.3, 0.4) is 0 Å². The van der Waals surface area contributed by atoms with Crippen LogP contribution >= 0.6 is 11.8 Å². The average molecular weight is 276 g/mol. The molecule has 6 nitrogen and oxygen atoms in total. The number of amides is 2. The van der Waals surface area contributed by atoms with Gasteiger partial charge >= 0.3 is 12.0 Å². The highest BCUT2D eigenvalue weighted by Crippen LogP contribution is 2.04. The molecule has 1 heterocycles. The molecule has 1 rings (SSSR count). The van der Waals surface area contributed by atoms with Gasteiger partial charge in [-0.05, 0) is 24.9 Å². The first kappa shape index (κ1) is 15.1. The lowest BCUT2D eigenvalue weighted by Gasteiger charge is -2.23. The molecule has 7 heteroatoms. The van der Waals surface area contributed by atoms with Gasteiger partial charge in [-0.1, -0.05) is 0 Å². The zero-order valence-electron chi connectivity index (χ0n) is 10.6. The van der Waals surface area contributed by atoms with Gasteiger partial charge in [0.2, 0.25) is 0 Å². The monoisotopic (exact) mass is 276 g/mol. The van der Waals surface area contributed by atoms with Crippen molar-refractivity contribution < 1.29 is 19.4 Å². The van der Waals surface area contributed by atoms with Crippen molar-refractivity contribution in [3.63, 3.8) is 0 Å². The summed E-state index contributed by atoms with van der Waals surface area (Å²) in [5, 5.41) is 11.6. The molecule has 2 N–H and O–H groups in total. The number of carboxylic acids is 1. The van der Waals surface area contributed by atoms with E-state index in [0.29, 0.717) is 38.5 Å². The summed E-state index contributed by atoms with van der Waals surface area (Å²) in [4.78, 5) is 24.6. The van der Waals surface area contributed by atoms with Crippen LogP contribution in [0.4, 0.5) is 4.79 Å². The second-order valence-corrected chi connectivity index (χ2v) is 5.06. The van der Waals surface area contributed by atoms with Crippen molar-refractivity contribution in [3.05, 3.63) is 0 Å². The number of hydrogen-bond donors (Lipinski definition) is 2. The number of carbonyl (C=O) groups excluding carboxylic acids is 1. The maximum absolute atomic E-state index is 11.9. The lowest BCUT2D eigenvalue weighted by atomic mass is 10.2. The highest BCUT2D eigenvalue weighted by Gasteiger charge is 2.23. The molecule has 1 aliphatic heterocycles. The van der Waals surface area contributed by atoms with Gasteiger partial charge in [-0.15, -0.1) is 0 Å². The molecule has 1 atom stereocenters. The van der Waals surface area contributed by atoms with Crippen LogP contribution in [0.15, 0.2) is 0 Å². The Kier molecular flexibility index (Phi) is 6.89. The summed E-state index contributed by atoms with van der Waals surface area (Å²) in [6, 6.07) is -1.12. The number of urea groups is 1. The van der Waals surface area contributed by atoms with Gasteiger partial charge in [-0.3, -0.25) is 0 Å². The molecule has 0 unspecified atom stereocenters. The summed E-state index contributed by atoms with van der Waals surface area (Å²) in [6.45, 7) is 2.29. The van der Waals surface area contributed by atoms with Gasteiger partial charge in [0.05, 0.1) is 6.61 Å². The fourth-order valence-corrected chi connectivity index (χ4v) is 2.15. The number of hydrogen-bond acceptors (Lipinski definition) is 4. The van der Waals surface area contributed by atoms with E-state index >= 15 is 0 Å². The third-order valence-corrected chi connectivity index (χ3v) is 3.36. The second-order valence-electron chi connectivity index (χ2n) is 4.07. The van der Waals surface area contributed by atoms with Gasteiger partial charge < -0.3 is 20.1 Å². The van der Waals surface area contributed by atoms with Crippen molar-refractivity contribution in [3.8, 4) is 0 Å². The Morgan fingerprint density at radius 1 is 1.44 bits per heavy atom. The number of ether oxygens (including phenoxy) is 1. The maximum Gasteiger partial charge on any atom is 0.326 e. The molecule has 18 heavy (non-hydrogen) atoms. The third-order valence-electron chi connectivity index (χ3n) is 2.72. The Morgan fingerprint density at radius 3 is 2.89 bits per heavy atom. The Bertz CT molecular complexity index is 280. The first-order valence-electron chi connectivity index (χ1n) is 6.00. The smallest absolute Gasteiger partial charge is 0.326 e. The van der Waals surface area contributed by atoms with Crippen molar-refractivity contribution in [1.29, 1.82) is 0 Å². The number of thioether (sulfide) groups is 1. The molecular formula is C11H20N2O4S. The predicted molar refractivity (Wildman–Crippen MR) is 70.0 cm³/mol. The van der Waals surface area contributed by atoms with Crippen LogP contribution in [-0.2, 0) is 9.53 Å². The number of rotatable bonds is 5. The SMILES string of the molecule is CSCC[C@@H](NC(=O)N1CCCOCC1)C(=O)O. The summed E-state index contributed by atoms with van der Waals surface area (Å²) in [6.07, 6.45) is 3.13. The highest BCUT2D eigenvalue weighted by molar-refractivity contribution is 7.98. The molecule has 104 valence electrons. The summed E-state index contributed by atoms with van der Waals surface area (Å²) in [5.41, 5.74) is 0. The number of carbonyl (C=O) groups is 2. The number of nitrogens with one attached hydrogen (secondary N) is 1. The average Bonchev–Trinajstić information content (AvgIpc) is 2.62. The van der Waals surface area contributed by atoms with Crippen LogP contribution in [0.5, 0.6) is 0 Å². The van der Waals surface area contributed by atoms with Crippen molar-refractivity contribution in [2.45, 2.75) is 18.9 Å². The highest BCUT2D eigenvalue weighted by atomic mass is 32.2. The Balaban J connectivity index is 2.45. The van der Waals surface area contributed by atoms with E-state index < -0.39 is 12.0 Å². The van der Waals surface area contributed by atoms with Crippen LogP contribution in [-0.4, -0.2) is 66.4 Å². The van der Waals surface area contributed by atoms with E-state index in [1.807, 2.05) is 6.26 Å². The number of carboxylic acid groups (broad SMARTS) is 1. The van der Waals surface area contributed by atoms with Crippen molar-refractivity contribution in [2.75, 3.05) is 38.3 Å². The molecule has 0 bridgehead atoms.